The highest BCUT2D eigenvalue weighted by molar-refractivity contribution is 5.99. The number of unbranched alkanes of at least 4 members (excludes halogenated alkanes) is 1. The Morgan fingerprint density at radius 3 is 2.43 bits per heavy atom. The number of carbonyl (C=O) groups excluding carboxylic acids is 1. The Balaban J connectivity index is 2.45. The van der Waals surface area contributed by atoms with Gasteiger partial charge in [0.2, 0.25) is 0 Å². The average molecular weight is 314 g/mol. The Morgan fingerprint density at radius 2 is 1.78 bits per heavy atom. The van der Waals surface area contributed by atoms with Gasteiger partial charge in [-0.2, -0.15) is 0 Å². The zero-order valence-corrected chi connectivity index (χ0v) is 12.8. The van der Waals surface area contributed by atoms with Crippen molar-refractivity contribution >= 4 is 12.1 Å². The van der Waals surface area contributed by atoms with Gasteiger partial charge in [-0.25, -0.2) is 9.59 Å². The second-order valence-electron chi connectivity index (χ2n) is 4.90. The third kappa shape index (κ3) is 4.32. The van der Waals surface area contributed by atoms with Crippen LogP contribution in [0.5, 0.6) is 5.75 Å². The number of rotatable bonds is 6. The lowest BCUT2D eigenvalue weighted by molar-refractivity contribution is 0.0500. The first-order chi connectivity index (χ1) is 11.1. The van der Waals surface area contributed by atoms with Crippen molar-refractivity contribution in [2.24, 2.45) is 0 Å². The minimum Gasteiger partial charge on any atom is -0.462 e. The number of esters is 1. The van der Waals surface area contributed by atoms with Crippen molar-refractivity contribution in [2.45, 2.75) is 19.8 Å². The molecule has 0 aliphatic carbocycles. The molecule has 23 heavy (non-hydrogen) atoms. The molecule has 0 aliphatic rings. The molecule has 2 aromatic rings. The Bertz CT molecular complexity index is 679. The van der Waals surface area contributed by atoms with Gasteiger partial charge in [-0.3, -0.25) is 0 Å². The topological polar surface area (TPSA) is 72.8 Å². The van der Waals surface area contributed by atoms with E-state index in [1.807, 2.05) is 13.0 Å². The summed E-state index contributed by atoms with van der Waals surface area (Å²) in [6, 6.07) is 13.7. The van der Waals surface area contributed by atoms with E-state index < -0.39 is 12.1 Å². The summed E-state index contributed by atoms with van der Waals surface area (Å²) in [6.07, 6.45) is 0.261. The molecular formula is C18H18O5. The molecule has 0 heterocycles. The van der Waals surface area contributed by atoms with Crippen LogP contribution < -0.4 is 4.74 Å². The summed E-state index contributed by atoms with van der Waals surface area (Å²) >= 11 is 0. The van der Waals surface area contributed by atoms with E-state index in [2.05, 4.69) is 0 Å². The monoisotopic (exact) mass is 314 g/mol. The van der Waals surface area contributed by atoms with E-state index in [0.29, 0.717) is 17.7 Å². The SMILES string of the molecule is CCCCOC(=O)c1cccc(OC(=O)O)c1-c1ccccc1. The maximum Gasteiger partial charge on any atom is 0.511 e. The normalized spacial score (nSPS) is 10.1. The minimum absolute atomic E-state index is 0.105. The summed E-state index contributed by atoms with van der Waals surface area (Å²) in [6.45, 7) is 2.33. The zero-order chi connectivity index (χ0) is 16.7. The molecule has 0 saturated heterocycles. The molecule has 0 amide bonds. The minimum atomic E-state index is -1.43. The first-order valence-corrected chi connectivity index (χ1v) is 7.39. The van der Waals surface area contributed by atoms with E-state index in [1.54, 1.807) is 36.4 Å². The highest BCUT2D eigenvalue weighted by Gasteiger charge is 2.20. The average Bonchev–Trinajstić information content (AvgIpc) is 2.55. The Hall–Kier alpha value is -2.82. The van der Waals surface area contributed by atoms with Crippen LogP contribution in [0.25, 0.3) is 11.1 Å². The number of hydrogen-bond donors (Lipinski definition) is 1. The number of benzene rings is 2. The van der Waals surface area contributed by atoms with Crippen molar-refractivity contribution in [3.8, 4) is 16.9 Å². The highest BCUT2D eigenvalue weighted by Crippen LogP contribution is 2.34. The van der Waals surface area contributed by atoms with Crippen LogP contribution in [0, 0.1) is 0 Å². The van der Waals surface area contributed by atoms with Crippen molar-refractivity contribution in [1.82, 2.24) is 0 Å². The molecule has 1 N–H and O–H groups in total. The maximum atomic E-state index is 12.3. The van der Waals surface area contributed by atoms with Gasteiger partial charge in [0.1, 0.15) is 5.75 Å². The Labute approximate surface area is 134 Å². The number of hydrogen-bond acceptors (Lipinski definition) is 4. The molecule has 0 bridgehead atoms. The van der Waals surface area contributed by atoms with E-state index >= 15 is 0 Å². The molecule has 0 fully saturated rings. The molecule has 0 atom stereocenters. The van der Waals surface area contributed by atoms with Crippen LogP contribution in [-0.4, -0.2) is 23.8 Å². The van der Waals surface area contributed by atoms with Crippen molar-refractivity contribution in [2.75, 3.05) is 6.61 Å². The van der Waals surface area contributed by atoms with E-state index in [-0.39, 0.29) is 11.3 Å². The van der Waals surface area contributed by atoms with Crippen LogP contribution in [0.4, 0.5) is 4.79 Å². The van der Waals surface area contributed by atoms with Crippen LogP contribution in [0.15, 0.2) is 48.5 Å². The van der Waals surface area contributed by atoms with Crippen molar-refractivity contribution in [1.29, 1.82) is 0 Å². The molecule has 0 aromatic heterocycles. The molecule has 0 saturated carbocycles. The van der Waals surface area contributed by atoms with Gasteiger partial charge in [0.05, 0.1) is 12.2 Å². The van der Waals surface area contributed by atoms with E-state index in [4.69, 9.17) is 14.6 Å². The molecule has 2 rings (SSSR count). The molecule has 0 unspecified atom stereocenters. The lowest BCUT2D eigenvalue weighted by atomic mass is 9.98. The fourth-order valence-electron chi connectivity index (χ4n) is 2.17. The van der Waals surface area contributed by atoms with Crippen LogP contribution >= 0.6 is 0 Å². The maximum absolute atomic E-state index is 12.3. The molecule has 0 spiro atoms. The van der Waals surface area contributed by atoms with Crippen LogP contribution in [0.2, 0.25) is 0 Å². The second-order valence-corrected chi connectivity index (χ2v) is 4.90. The molecule has 0 radical (unpaired) electrons. The fraction of sp³-hybridized carbons (Fsp3) is 0.222. The van der Waals surface area contributed by atoms with Gasteiger partial charge in [-0.1, -0.05) is 49.7 Å². The van der Waals surface area contributed by atoms with Gasteiger partial charge in [0.25, 0.3) is 0 Å². The predicted molar refractivity (Wildman–Crippen MR) is 85.7 cm³/mol. The molecular weight excluding hydrogens is 296 g/mol. The smallest absolute Gasteiger partial charge is 0.462 e. The van der Waals surface area contributed by atoms with Crippen molar-refractivity contribution < 1.29 is 24.2 Å². The summed E-state index contributed by atoms with van der Waals surface area (Å²) in [7, 11) is 0. The van der Waals surface area contributed by atoms with Crippen LogP contribution in [-0.2, 0) is 4.74 Å². The highest BCUT2D eigenvalue weighted by atomic mass is 16.7. The van der Waals surface area contributed by atoms with Crippen LogP contribution in [0.1, 0.15) is 30.1 Å². The third-order valence-electron chi connectivity index (χ3n) is 3.24. The largest absolute Gasteiger partial charge is 0.511 e. The molecule has 5 nitrogen and oxygen atoms in total. The summed E-state index contributed by atoms with van der Waals surface area (Å²) < 4.78 is 10.1. The number of carbonyl (C=O) groups is 2. The van der Waals surface area contributed by atoms with Gasteiger partial charge in [0.15, 0.2) is 0 Å². The van der Waals surface area contributed by atoms with Crippen molar-refractivity contribution in [3.05, 3.63) is 54.1 Å². The number of ether oxygens (including phenoxy) is 2. The van der Waals surface area contributed by atoms with Crippen molar-refractivity contribution in [3.63, 3.8) is 0 Å². The summed E-state index contributed by atoms with van der Waals surface area (Å²) in [4.78, 5) is 23.2. The second kappa shape index (κ2) is 7.98. The fourth-order valence-corrected chi connectivity index (χ4v) is 2.17. The Kier molecular flexibility index (Phi) is 5.74. The van der Waals surface area contributed by atoms with Gasteiger partial charge in [-0.15, -0.1) is 0 Å². The molecule has 120 valence electrons. The lowest BCUT2D eigenvalue weighted by Gasteiger charge is -2.13. The number of carboxylic acid groups (broad SMARTS) is 1. The van der Waals surface area contributed by atoms with Gasteiger partial charge in [-0.05, 0) is 24.1 Å². The standard InChI is InChI=1S/C18H18O5/c1-2-3-12-22-17(19)14-10-7-11-15(23-18(20)21)16(14)13-8-5-4-6-9-13/h4-11H,2-3,12H2,1H3,(H,20,21). The first kappa shape index (κ1) is 16.5. The summed E-state index contributed by atoms with van der Waals surface area (Å²) in [5, 5.41) is 8.90. The predicted octanol–water partition coefficient (Wildman–Crippen LogP) is 4.37. The zero-order valence-electron chi connectivity index (χ0n) is 12.8. The van der Waals surface area contributed by atoms with E-state index in [0.717, 1.165) is 12.8 Å². The quantitative estimate of drug-likeness (QED) is 0.487. The summed E-state index contributed by atoms with van der Waals surface area (Å²) in [5.41, 5.74) is 1.38. The third-order valence-corrected chi connectivity index (χ3v) is 3.24. The van der Waals surface area contributed by atoms with E-state index in [1.165, 1.54) is 6.07 Å². The van der Waals surface area contributed by atoms with Gasteiger partial charge >= 0.3 is 12.1 Å². The molecule has 5 heteroatoms. The van der Waals surface area contributed by atoms with Gasteiger partial charge < -0.3 is 14.6 Å². The molecule has 0 aliphatic heterocycles. The van der Waals surface area contributed by atoms with E-state index in [9.17, 15) is 9.59 Å². The van der Waals surface area contributed by atoms with Gasteiger partial charge in [0, 0.05) is 5.56 Å². The Morgan fingerprint density at radius 1 is 1.04 bits per heavy atom. The lowest BCUT2D eigenvalue weighted by Crippen LogP contribution is -2.10. The summed E-state index contributed by atoms with van der Waals surface area (Å²) in [5.74, 6) is -0.387. The molecule has 2 aromatic carbocycles. The first-order valence-electron chi connectivity index (χ1n) is 7.39. The van der Waals surface area contributed by atoms with Crippen LogP contribution in [0.3, 0.4) is 0 Å².